The third kappa shape index (κ3) is 5.77. The Morgan fingerprint density at radius 2 is 1.84 bits per heavy atom. The van der Waals surface area contributed by atoms with Crippen LogP contribution < -0.4 is 0 Å². The maximum Gasteiger partial charge on any atom is 0.139 e. The molecule has 0 fully saturated rings. The van der Waals surface area contributed by atoms with Crippen molar-refractivity contribution in [3.05, 3.63) is 17.5 Å². The van der Waals surface area contributed by atoms with E-state index >= 15 is 0 Å². The molecule has 0 aliphatic heterocycles. The Kier molecular flexibility index (Phi) is 5.60. The van der Waals surface area contributed by atoms with Gasteiger partial charge in [-0.15, -0.1) is 0 Å². The molecule has 0 spiro atoms. The number of nitrogens with zero attached hydrogens (tertiary/aromatic N) is 2. The van der Waals surface area contributed by atoms with Crippen LogP contribution in [0.5, 0.6) is 0 Å². The van der Waals surface area contributed by atoms with Crippen molar-refractivity contribution in [2.75, 3.05) is 6.54 Å². The maximum absolute atomic E-state index is 5.38. The Bertz CT molecular complexity index is 374. The minimum atomic E-state index is 0.375. The molecule has 3 nitrogen and oxygen atoms in total. The molecule has 0 atom stereocenters. The van der Waals surface area contributed by atoms with Gasteiger partial charge in [0.15, 0.2) is 0 Å². The highest BCUT2D eigenvalue weighted by Gasteiger charge is 2.17. The second-order valence-corrected chi connectivity index (χ2v) is 7.25. The molecule has 110 valence electrons. The van der Waals surface area contributed by atoms with Crippen LogP contribution >= 0.6 is 0 Å². The van der Waals surface area contributed by atoms with Crippen LogP contribution in [-0.4, -0.2) is 22.6 Å². The molecule has 0 aliphatic rings. The summed E-state index contributed by atoms with van der Waals surface area (Å²) in [4.78, 5) is 2.47. The Balaban J connectivity index is 2.62. The molecule has 0 saturated heterocycles. The first-order chi connectivity index (χ1) is 8.69. The molecule has 0 radical (unpaired) electrons. The van der Waals surface area contributed by atoms with Gasteiger partial charge in [0, 0.05) is 24.6 Å². The highest BCUT2D eigenvalue weighted by molar-refractivity contribution is 5.08. The first kappa shape index (κ1) is 16.2. The van der Waals surface area contributed by atoms with E-state index in [0.29, 0.717) is 17.4 Å². The molecule has 3 heteroatoms. The Hall–Kier alpha value is -0.830. The van der Waals surface area contributed by atoms with E-state index in [1.165, 1.54) is 6.42 Å². The van der Waals surface area contributed by atoms with Gasteiger partial charge in [0.2, 0.25) is 0 Å². The van der Waals surface area contributed by atoms with Crippen LogP contribution in [-0.2, 0) is 6.54 Å². The van der Waals surface area contributed by atoms with Gasteiger partial charge in [-0.25, -0.2) is 0 Å². The van der Waals surface area contributed by atoms with Crippen molar-refractivity contribution >= 4 is 0 Å². The van der Waals surface area contributed by atoms with Gasteiger partial charge >= 0.3 is 0 Å². The molecule has 1 heterocycles. The van der Waals surface area contributed by atoms with Gasteiger partial charge in [-0.3, -0.25) is 4.90 Å². The molecule has 0 amide bonds. The molecule has 0 aromatic carbocycles. The Morgan fingerprint density at radius 1 is 1.21 bits per heavy atom. The van der Waals surface area contributed by atoms with Crippen LogP contribution in [0.3, 0.4) is 0 Å². The summed E-state index contributed by atoms with van der Waals surface area (Å²) in [6.07, 6.45) is 1.19. The van der Waals surface area contributed by atoms with Crippen LogP contribution in [0, 0.1) is 5.41 Å². The zero-order valence-electron chi connectivity index (χ0n) is 13.7. The zero-order chi connectivity index (χ0) is 14.6. The minimum Gasteiger partial charge on any atom is -0.361 e. The Morgan fingerprint density at radius 3 is 2.26 bits per heavy atom. The third-order valence-electron chi connectivity index (χ3n) is 3.39. The van der Waals surface area contributed by atoms with Gasteiger partial charge in [-0.05, 0) is 32.2 Å². The molecule has 0 N–H and O–H groups in total. The molecule has 0 bridgehead atoms. The Labute approximate surface area is 118 Å². The van der Waals surface area contributed by atoms with Crippen molar-refractivity contribution in [2.45, 2.75) is 73.4 Å². The van der Waals surface area contributed by atoms with Gasteiger partial charge in [0.25, 0.3) is 0 Å². The lowest BCUT2D eigenvalue weighted by molar-refractivity contribution is 0.177. The number of hydrogen-bond acceptors (Lipinski definition) is 3. The molecule has 19 heavy (non-hydrogen) atoms. The molecule has 0 unspecified atom stereocenters. The van der Waals surface area contributed by atoms with E-state index in [2.05, 4.69) is 64.6 Å². The van der Waals surface area contributed by atoms with Gasteiger partial charge in [-0.1, -0.05) is 39.8 Å². The standard InChI is InChI=1S/C16H30N2O/c1-12(2)15-10-14(17-19-15)11-18(13(3)4)9-8-16(5,6)7/h10,12-13H,8-9,11H2,1-7H3. The zero-order valence-corrected chi connectivity index (χ0v) is 13.7. The van der Waals surface area contributed by atoms with Crippen LogP contribution in [0.2, 0.25) is 0 Å². The van der Waals surface area contributed by atoms with Crippen molar-refractivity contribution in [2.24, 2.45) is 5.41 Å². The quantitative estimate of drug-likeness (QED) is 0.762. The molecule has 0 aliphatic carbocycles. The lowest BCUT2D eigenvalue weighted by Crippen LogP contribution is -2.33. The summed E-state index contributed by atoms with van der Waals surface area (Å²) < 4.78 is 5.38. The molecule has 0 saturated carbocycles. The van der Waals surface area contributed by atoms with Crippen molar-refractivity contribution in [1.29, 1.82) is 0 Å². The summed E-state index contributed by atoms with van der Waals surface area (Å²) in [5.74, 6) is 1.39. The number of hydrogen-bond donors (Lipinski definition) is 0. The fraction of sp³-hybridized carbons (Fsp3) is 0.812. The second-order valence-electron chi connectivity index (χ2n) is 7.25. The van der Waals surface area contributed by atoms with Crippen molar-refractivity contribution in [3.63, 3.8) is 0 Å². The molecule has 1 aromatic heterocycles. The van der Waals surface area contributed by atoms with Crippen LogP contribution in [0.4, 0.5) is 0 Å². The van der Waals surface area contributed by atoms with Crippen molar-refractivity contribution in [1.82, 2.24) is 10.1 Å². The minimum absolute atomic E-state index is 0.375. The normalized spacial score (nSPS) is 12.9. The predicted octanol–water partition coefficient (Wildman–Crippen LogP) is 4.44. The van der Waals surface area contributed by atoms with Gasteiger partial charge in [-0.2, -0.15) is 0 Å². The summed E-state index contributed by atoms with van der Waals surface area (Å²) in [5.41, 5.74) is 1.42. The van der Waals surface area contributed by atoms with Crippen molar-refractivity contribution < 1.29 is 4.52 Å². The number of aromatic nitrogens is 1. The van der Waals surface area contributed by atoms with Crippen LogP contribution in [0.1, 0.15) is 72.3 Å². The van der Waals surface area contributed by atoms with Gasteiger partial charge in [0.05, 0.1) is 5.69 Å². The maximum atomic E-state index is 5.38. The third-order valence-corrected chi connectivity index (χ3v) is 3.39. The van der Waals surface area contributed by atoms with Gasteiger partial charge in [0.1, 0.15) is 5.76 Å². The lowest BCUT2D eigenvalue weighted by Gasteiger charge is -2.29. The summed E-state index contributed by atoms with van der Waals surface area (Å²) >= 11 is 0. The highest BCUT2D eigenvalue weighted by Crippen LogP contribution is 2.21. The summed E-state index contributed by atoms with van der Waals surface area (Å²) in [7, 11) is 0. The smallest absolute Gasteiger partial charge is 0.139 e. The van der Waals surface area contributed by atoms with Crippen LogP contribution in [0.25, 0.3) is 0 Å². The highest BCUT2D eigenvalue weighted by atomic mass is 16.5. The van der Waals surface area contributed by atoms with E-state index in [1.54, 1.807) is 0 Å². The largest absolute Gasteiger partial charge is 0.361 e. The molecule has 1 rings (SSSR count). The van der Waals surface area contributed by atoms with E-state index in [4.69, 9.17) is 4.52 Å². The molecular weight excluding hydrogens is 236 g/mol. The van der Waals surface area contributed by atoms with Crippen molar-refractivity contribution in [3.8, 4) is 0 Å². The van der Waals surface area contributed by atoms with E-state index in [-0.39, 0.29) is 0 Å². The average molecular weight is 266 g/mol. The first-order valence-electron chi connectivity index (χ1n) is 7.38. The van der Waals surface area contributed by atoms with Gasteiger partial charge < -0.3 is 4.52 Å². The molecule has 1 aromatic rings. The second kappa shape index (κ2) is 6.56. The summed E-state index contributed by atoms with van der Waals surface area (Å²) in [6, 6.07) is 2.62. The number of rotatable bonds is 6. The summed E-state index contributed by atoms with van der Waals surface area (Å²) in [6.45, 7) is 17.6. The first-order valence-corrected chi connectivity index (χ1v) is 7.38. The fourth-order valence-electron chi connectivity index (χ4n) is 1.88. The summed E-state index contributed by atoms with van der Waals surface area (Å²) in [5, 5.41) is 4.19. The fourth-order valence-corrected chi connectivity index (χ4v) is 1.88. The predicted molar refractivity (Wildman–Crippen MR) is 80.2 cm³/mol. The average Bonchev–Trinajstić information content (AvgIpc) is 2.70. The lowest BCUT2D eigenvalue weighted by atomic mass is 9.92. The topological polar surface area (TPSA) is 29.3 Å². The van der Waals surface area contributed by atoms with E-state index in [1.807, 2.05) is 0 Å². The monoisotopic (exact) mass is 266 g/mol. The molecular formula is C16H30N2O. The van der Waals surface area contributed by atoms with Crippen LogP contribution in [0.15, 0.2) is 10.6 Å². The van der Waals surface area contributed by atoms with E-state index in [9.17, 15) is 0 Å². The SMILES string of the molecule is CC(C)c1cc(CN(CCC(C)(C)C)C(C)C)no1. The van der Waals surface area contributed by atoms with E-state index in [0.717, 1.165) is 24.5 Å². The van der Waals surface area contributed by atoms with E-state index < -0.39 is 0 Å².